The number of nitrogens with one attached hydrogen (secondary N) is 1. The van der Waals surface area contributed by atoms with Crippen molar-refractivity contribution in [1.29, 1.82) is 0 Å². The molecule has 152 valence electrons. The maximum absolute atomic E-state index is 13.3. The summed E-state index contributed by atoms with van der Waals surface area (Å²) in [4.78, 5) is 38.7. The van der Waals surface area contributed by atoms with Crippen LogP contribution in [0.5, 0.6) is 0 Å². The van der Waals surface area contributed by atoms with E-state index in [1.807, 2.05) is 6.92 Å². The predicted octanol–water partition coefficient (Wildman–Crippen LogP) is 2.51. The van der Waals surface area contributed by atoms with Crippen molar-refractivity contribution in [3.05, 3.63) is 98.8 Å². The van der Waals surface area contributed by atoms with Gasteiger partial charge in [0.25, 0.3) is 5.56 Å². The van der Waals surface area contributed by atoms with E-state index in [2.05, 4.69) is 5.32 Å². The quantitative estimate of drug-likeness (QED) is 0.551. The lowest BCUT2D eigenvalue weighted by Gasteiger charge is -2.14. The fourth-order valence-electron chi connectivity index (χ4n) is 3.26. The summed E-state index contributed by atoms with van der Waals surface area (Å²) in [5, 5.41) is 2.98. The molecule has 0 radical (unpaired) electrons. The Labute approximate surface area is 170 Å². The molecule has 1 N–H and O–H groups in total. The second kappa shape index (κ2) is 7.82. The van der Waals surface area contributed by atoms with Gasteiger partial charge in [0.1, 0.15) is 18.1 Å². The second-order valence-corrected chi connectivity index (χ2v) is 6.86. The van der Waals surface area contributed by atoms with E-state index in [1.54, 1.807) is 30.3 Å². The third-order valence-corrected chi connectivity index (χ3v) is 4.72. The number of benzene rings is 2. The molecule has 1 amide bonds. The van der Waals surface area contributed by atoms with E-state index in [9.17, 15) is 18.8 Å². The summed E-state index contributed by atoms with van der Waals surface area (Å²) in [6.07, 6.45) is 1.50. The number of hydrogen-bond acceptors (Lipinski definition) is 4. The van der Waals surface area contributed by atoms with Crippen molar-refractivity contribution in [1.82, 2.24) is 14.5 Å². The first-order valence-electron chi connectivity index (χ1n) is 9.25. The van der Waals surface area contributed by atoms with Gasteiger partial charge >= 0.3 is 5.69 Å². The van der Waals surface area contributed by atoms with Crippen LogP contribution in [0, 0.1) is 12.7 Å². The van der Waals surface area contributed by atoms with Gasteiger partial charge in [0.2, 0.25) is 5.91 Å². The molecule has 2 heterocycles. The second-order valence-electron chi connectivity index (χ2n) is 6.86. The third kappa shape index (κ3) is 3.67. The molecule has 0 aliphatic rings. The first kappa shape index (κ1) is 19.4. The molecule has 7 nitrogen and oxygen atoms in total. The Balaban J connectivity index is 1.81. The summed E-state index contributed by atoms with van der Waals surface area (Å²) in [6.45, 7) is 1.71. The van der Waals surface area contributed by atoms with Crippen LogP contribution >= 0.6 is 0 Å². The van der Waals surface area contributed by atoms with Gasteiger partial charge in [-0.05, 0) is 55.5 Å². The number of rotatable bonds is 5. The highest BCUT2D eigenvalue weighted by Crippen LogP contribution is 2.13. The molecule has 0 fully saturated rings. The van der Waals surface area contributed by atoms with Crippen molar-refractivity contribution >= 4 is 16.8 Å². The zero-order valence-electron chi connectivity index (χ0n) is 16.1. The number of furan rings is 1. The van der Waals surface area contributed by atoms with Crippen molar-refractivity contribution in [2.24, 2.45) is 0 Å². The first-order valence-corrected chi connectivity index (χ1v) is 9.25. The van der Waals surface area contributed by atoms with Gasteiger partial charge in [-0.3, -0.25) is 14.2 Å². The number of halogens is 1. The van der Waals surface area contributed by atoms with E-state index in [1.165, 1.54) is 35.1 Å². The van der Waals surface area contributed by atoms with Gasteiger partial charge in [0.15, 0.2) is 0 Å². The highest BCUT2D eigenvalue weighted by Gasteiger charge is 2.17. The minimum absolute atomic E-state index is 0.176. The van der Waals surface area contributed by atoms with Gasteiger partial charge in [-0.1, -0.05) is 11.6 Å². The molecular formula is C22H18FN3O4. The summed E-state index contributed by atoms with van der Waals surface area (Å²) >= 11 is 0. The summed E-state index contributed by atoms with van der Waals surface area (Å²) in [7, 11) is 0. The Morgan fingerprint density at radius 2 is 1.87 bits per heavy atom. The normalized spacial score (nSPS) is 11.0. The number of nitrogens with zero attached hydrogens (tertiary/aromatic N) is 2. The molecular weight excluding hydrogens is 389 g/mol. The monoisotopic (exact) mass is 407 g/mol. The van der Waals surface area contributed by atoms with Gasteiger partial charge in [0, 0.05) is 0 Å². The molecule has 4 rings (SSSR count). The molecule has 0 bridgehead atoms. The van der Waals surface area contributed by atoms with Crippen LogP contribution < -0.4 is 16.6 Å². The number of amides is 1. The largest absolute Gasteiger partial charge is 0.467 e. The molecule has 4 aromatic rings. The molecule has 0 aliphatic heterocycles. The maximum atomic E-state index is 13.3. The van der Waals surface area contributed by atoms with Crippen molar-refractivity contribution in [3.8, 4) is 5.69 Å². The van der Waals surface area contributed by atoms with Gasteiger partial charge < -0.3 is 9.73 Å². The van der Waals surface area contributed by atoms with Crippen LogP contribution in [0.15, 0.2) is 74.9 Å². The maximum Gasteiger partial charge on any atom is 0.336 e. The molecule has 0 atom stereocenters. The minimum Gasteiger partial charge on any atom is -0.467 e. The van der Waals surface area contributed by atoms with Crippen LogP contribution in [-0.4, -0.2) is 15.0 Å². The van der Waals surface area contributed by atoms with Crippen molar-refractivity contribution in [2.75, 3.05) is 0 Å². The van der Waals surface area contributed by atoms with Crippen LogP contribution in [0.25, 0.3) is 16.6 Å². The Bertz CT molecular complexity index is 1340. The number of carbonyl (C=O) groups excluding carboxylic acids is 1. The lowest BCUT2D eigenvalue weighted by atomic mass is 10.1. The molecule has 2 aromatic carbocycles. The first-order chi connectivity index (χ1) is 14.4. The third-order valence-electron chi connectivity index (χ3n) is 4.72. The SMILES string of the molecule is Cc1ccc2c(c1)c(=O)n(-c1ccc(F)cc1)c(=O)n2CC(=O)NCc1ccco1. The number of fused-ring (bicyclic) bond motifs is 1. The van der Waals surface area contributed by atoms with Crippen LogP contribution in [0.4, 0.5) is 4.39 Å². The van der Waals surface area contributed by atoms with Crippen molar-refractivity contribution in [2.45, 2.75) is 20.0 Å². The van der Waals surface area contributed by atoms with Crippen LogP contribution in [-0.2, 0) is 17.9 Å². The Morgan fingerprint density at radius 3 is 2.57 bits per heavy atom. The van der Waals surface area contributed by atoms with Gasteiger partial charge in [-0.15, -0.1) is 0 Å². The average Bonchev–Trinajstić information content (AvgIpc) is 3.25. The molecule has 30 heavy (non-hydrogen) atoms. The van der Waals surface area contributed by atoms with E-state index >= 15 is 0 Å². The van der Waals surface area contributed by atoms with Gasteiger partial charge in [0.05, 0.1) is 29.4 Å². The average molecular weight is 407 g/mol. The summed E-state index contributed by atoms with van der Waals surface area (Å²) < 4.78 is 20.7. The number of hydrogen-bond donors (Lipinski definition) is 1. The van der Waals surface area contributed by atoms with E-state index < -0.39 is 23.0 Å². The fourth-order valence-corrected chi connectivity index (χ4v) is 3.26. The highest BCUT2D eigenvalue weighted by molar-refractivity contribution is 5.82. The molecule has 0 spiro atoms. The molecule has 2 aromatic heterocycles. The van der Waals surface area contributed by atoms with Crippen molar-refractivity contribution in [3.63, 3.8) is 0 Å². The Morgan fingerprint density at radius 1 is 1.10 bits per heavy atom. The van der Waals surface area contributed by atoms with E-state index in [4.69, 9.17) is 4.42 Å². The van der Waals surface area contributed by atoms with E-state index in [0.29, 0.717) is 11.3 Å². The molecule has 0 saturated carbocycles. The van der Waals surface area contributed by atoms with E-state index in [-0.39, 0.29) is 24.2 Å². The molecule has 0 saturated heterocycles. The summed E-state index contributed by atoms with van der Waals surface area (Å²) in [5.41, 5.74) is 0.188. The lowest BCUT2D eigenvalue weighted by molar-refractivity contribution is -0.121. The van der Waals surface area contributed by atoms with Crippen LogP contribution in [0.3, 0.4) is 0 Å². The Hall–Kier alpha value is -3.94. The number of aryl methyl sites for hydroxylation is 1. The molecule has 0 unspecified atom stereocenters. The number of aromatic nitrogens is 2. The van der Waals surface area contributed by atoms with Crippen LogP contribution in [0.1, 0.15) is 11.3 Å². The van der Waals surface area contributed by atoms with Gasteiger partial charge in [-0.25, -0.2) is 13.8 Å². The number of carbonyl (C=O) groups is 1. The van der Waals surface area contributed by atoms with Crippen molar-refractivity contribution < 1.29 is 13.6 Å². The zero-order chi connectivity index (χ0) is 21.3. The van der Waals surface area contributed by atoms with Crippen LogP contribution in [0.2, 0.25) is 0 Å². The smallest absolute Gasteiger partial charge is 0.336 e. The lowest BCUT2D eigenvalue weighted by Crippen LogP contribution is -2.41. The minimum atomic E-state index is -0.684. The highest BCUT2D eigenvalue weighted by atomic mass is 19.1. The summed E-state index contributed by atoms with van der Waals surface area (Å²) in [5.74, 6) is -0.326. The Kier molecular flexibility index (Phi) is 5.05. The summed E-state index contributed by atoms with van der Waals surface area (Å²) in [6, 6.07) is 13.5. The predicted molar refractivity (Wildman–Crippen MR) is 109 cm³/mol. The molecule has 0 aliphatic carbocycles. The molecule has 8 heteroatoms. The topological polar surface area (TPSA) is 86.2 Å². The fraction of sp³-hybridized carbons (Fsp3) is 0.136. The zero-order valence-corrected chi connectivity index (χ0v) is 16.1. The van der Waals surface area contributed by atoms with E-state index in [0.717, 1.165) is 10.1 Å². The van der Waals surface area contributed by atoms with Gasteiger partial charge in [-0.2, -0.15) is 0 Å². The standard InChI is InChI=1S/C22H18FN3O4/c1-14-4-9-19-18(11-14)21(28)26(16-7-5-15(23)6-8-16)22(29)25(19)13-20(27)24-12-17-3-2-10-30-17/h2-11H,12-13H2,1H3,(H,24,27).